The summed E-state index contributed by atoms with van der Waals surface area (Å²) in [6.07, 6.45) is 7.35. The Morgan fingerprint density at radius 3 is 2.56 bits per heavy atom. The first-order valence-electron chi connectivity index (χ1n) is 8.11. The van der Waals surface area contributed by atoms with Crippen LogP contribution in [-0.4, -0.2) is 45.5 Å². The number of rotatable bonds is 2. The van der Waals surface area contributed by atoms with Gasteiger partial charge in [-0.3, -0.25) is 0 Å². The summed E-state index contributed by atoms with van der Waals surface area (Å²) in [6.45, 7) is 3.07. The summed E-state index contributed by atoms with van der Waals surface area (Å²) in [5.41, 5.74) is 2.00. The van der Waals surface area contributed by atoms with Crippen molar-refractivity contribution < 1.29 is 8.81 Å². The Bertz CT molecular complexity index is 1050. The minimum Gasteiger partial charge on any atom is -0.423 e. The quantitative estimate of drug-likeness (QED) is 0.559. The molecule has 4 heterocycles. The number of fused-ring (bicyclic) bond motifs is 2. The molecule has 0 spiro atoms. The van der Waals surface area contributed by atoms with Crippen LogP contribution >= 0.6 is 0 Å². The standard InChI is InChI=1S/C17H15FN6O/c18-12-1-2-13-14(11-12)25-17(21-13)24-9-7-23(8-10-24)16-15-19-3-5-22(15)6-4-20-16/h1-6,11H,7-10H2. The molecule has 1 aliphatic rings. The molecule has 5 rings (SSSR count). The van der Waals surface area contributed by atoms with Crippen molar-refractivity contribution in [2.75, 3.05) is 36.0 Å². The maximum atomic E-state index is 13.3. The minimum atomic E-state index is -0.320. The van der Waals surface area contributed by atoms with Crippen LogP contribution in [0.5, 0.6) is 0 Å². The number of imidazole rings is 1. The maximum absolute atomic E-state index is 13.3. The molecule has 1 fully saturated rings. The van der Waals surface area contributed by atoms with E-state index in [1.54, 1.807) is 18.5 Å². The molecule has 1 aromatic carbocycles. The fourth-order valence-corrected chi connectivity index (χ4v) is 3.19. The number of hydrogen-bond acceptors (Lipinski definition) is 6. The summed E-state index contributed by atoms with van der Waals surface area (Å²) in [4.78, 5) is 17.6. The highest BCUT2D eigenvalue weighted by Gasteiger charge is 2.23. The number of nitrogens with zero attached hydrogens (tertiary/aromatic N) is 6. The van der Waals surface area contributed by atoms with E-state index in [9.17, 15) is 4.39 Å². The molecule has 0 bridgehead atoms. The molecule has 0 unspecified atom stereocenters. The lowest BCUT2D eigenvalue weighted by Crippen LogP contribution is -2.47. The third kappa shape index (κ3) is 2.37. The highest BCUT2D eigenvalue weighted by atomic mass is 19.1. The Hall–Kier alpha value is -3.16. The number of oxazole rings is 1. The van der Waals surface area contributed by atoms with Crippen LogP contribution in [0.3, 0.4) is 0 Å². The van der Waals surface area contributed by atoms with E-state index in [0.717, 1.165) is 37.6 Å². The Kier molecular flexibility index (Phi) is 3.09. The van der Waals surface area contributed by atoms with E-state index in [0.29, 0.717) is 17.1 Å². The van der Waals surface area contributed by atoms with E-state index < -0.39 is 0 Å². The number of piperazine rings is 1. The lowest BCUT2D eigenvalue weighted by Gasteiger charge is -2.34. The number of benzene rings is 1. The van der Waals surface area contributed by atoms with Crippen LogP contribution in [0.1, 0.15) is 0 Å². The normalized spacial score (nSPS) is 15.4. The van der Waals surface area contributed by atoms with Crippen molar-refractivity contribution >= 4 is 28.6 Å². The van der Waals surface area contributed by atoms with Gasteiger partial charge in [0.1, 0.15) is 11.3 Å². The third-order valence-electron chi connectivity index (χ3n) is 4.48. The molecule has 0 radical (unpaired) electrons. The molecule has 1 saturated heterocycles. The first-order valence-corrected chi connectivity index (χ1v) is 8.11. The minimum absolute atomic E-state index is 0.320. The van der Waals surface area contributed by atoms with Gasteiger partial charge in [-0.25, -0.2) is 14.4 Å². The topological polar surface area (TPSA) is 62.7 Å². The van der Waals surface area contributed by atoms with Crippen LogP contribution in [0.15, 0.2) is 47.4 Å². The van der Waals surface area contributed by atoms with Crippen molar-refractivity contribution in [3.63, 3.8) is 0 Å². The highest BCUT2D eigenvalue weighted by Crippen LogP contribution is 2.25. The molecule has 8 heteroatoms. The second kappa shape index (κ2) is 5.44. The molecular formula is C17H15FN6O. The largest absolute Gasteiger partial charge is 0.423 e. The Morgan fingerprint density at radius 2 is 1.72 bits per heavy atom. The van der Waals surface area contributed by atoms with E-state index in [2.05, 4.69) is 24.8 Å². The predicted molar refractivity (Wildman–Crippen MR) is 91.4 cm³/mol. The van der Waals surface area contributed by atoms with Gasteiger partial charge < -0.3 is 18.6 Å². The zero-order chi connectivity index (χ0) is 16.8. The second-order valence-electron chi connectivity index (χ2n) is 5.99. The second-order valence-corrected chi connectivity index (χ2v) is 5.99. The van der Waals surface area contributed by atoms with Crippen molar-refractivity contribution in [3.8, 4) is 0 Å². The van der Waals surface area contributed by atoms with Gasteiger partial charge in [0.05, 0.1) is 0 Å². The Balaban J connectivity index is 1.37. The molecule has 25 heavy (non-hydrogen) atoms. The van der Waals surface area contributed by atoms with E-state index in [1.807, 2.05) is 16.8 Å². The smallest absolute Gasteiger partial charge is 0.298 e. The Morgan fingerprint density at radius 1 is 0.960 bits per heavy atom. The van der Waals surface area contributed by atoms with Crippen molar-refractivity contribution in [2.45, 2.75) is 0 Å². The summed E-state index contributed by atoms with van der Waals surface area (Å²) in [5, 5.41) is 0. The van der Waals surface area contributed by atoms with Crippen molar-refractivity contribution in [2.24, 2.45) is 0 Å². The molecular weight excluding hydrogens is 323 g/mol. The van der Waals surface area contributed by atoms with Gasteiger partial charge in [0, 0.05) is 57.0 Å². The van der Waals surface area contributed by atoms with Crippen molar-refractivity contribution in [1.29, 1.82) is 0 Å². The van der Waals surface area contributed by atoms with Crippen molar-refractivity contribution in [1.82, 2.24) is 19.4 Å². The Labute approximate surface area is 142 Å². The van der Waals surface area contributed by atoms with Gasteiger partial charge in [-0.2, -0.15) is 4.98 Å². The van der Waals surface area contributed by atoms with E-state index in [1.165, 1.54) is 12.1 Å². The van der Waals surface area contributed by atoms with Crippen molar-refractivity contribution in [3.05, 3.63) is 48.8 Å². The van der Waals surface area contributed by atoms with Crippen LogP contribution in [0.4, 0.5) is 16.2 Å². The van der Waals surface area contributed by atoms with Gasteiger partial charge in [0.15, 0.2) is 17.0 Å². The van der Waals surface area contributed by atoms with Crippen LogP contribution in [-0.2, 0) is 0 Å². The number of aromatic nitrogens is 4. The third-order valence-corrected chi connectivity index (χ3v) is 4.48. The molecule has 0 atom stereocenters. The molecule has 7 nitrogen and oxygen atoms in total. The van der Waals surface area contributed by atoms with E-state index in [-0.39, 0.29) is 5.82 Å². The fourth-order valence-electron chi connectivity index (χ4n) is 3.19. The molecule has 0 N–H and O–H groups in total. The predicted octanol–water partition coefficient (Wildman–Crippen LogP) is 2.34. The molecule has 4 aromatic rings. The molecule has 0 aliphatic carbocycles. The van der Waals surface area contributed by atoms with Crippen LogP contribution in [0.25, 0.3) is 16.7 Å². The highest BCUT2D eigenvalue weighted by molar-refractivity contribution is 5.74. The first-order chi connectivity index (χ1) is 12.3. The molecule has 0 saturated carbocycles. The summed E-state index contributed by atoms with van der Waals surface area (Å²) < 4.78 is 21.0. The average Bonchev–Trinajstić information content (AvgIpc) is 3.27. The first kappa shape index (κ1) is 14.2. The lowest BCUT2D eigenvalue weighted by atomic mass is 10.3. The van der Waals surface area contributed by atoms with Crippen LogP contribution < -0.4 is 9.80 Å². The zero-order valence-corrected chi connectivity index (χ0v) is 13.3. The van der Waals surface area contributed by atoms with Gasteiger partial charge in [-0.15, -0.1) is 0 Å². The number of halogens is 1. The van der Waals surface area contributed by atoms with Gasteiger partial charge >= 0.3 is 0 Å². The summed E-state index contributed by atoms with van der Waals surface area (Å²) in [6, 6.07) is 4.93. The summed E-state index contributed by atoms with van der Waals surface area (Å²) in [5.74, 6) is 0.561. The number of anilines is 2. The molecule has 0 amide bonds. The van der Waals surface area contributed by atoms with E-state index >= 15 is 0 Å². The van der Waals surface area contributed by atoms with Gasteiger partial charge in [-0.05, 0) is 12.1 Å². The van der Waals surface area contributed by atoms with Crippen LogP contribution in [0, 0.1) is 5.82 Å². The SMILES string of the molecule is Fc1ccc2nc(N3CCN(c4nccn5ccnc45)CC3)oc2c1. The van der Waals surface area contributed by atoms with Gasteiger partial charge in [0.25, 0.3) is 6.01 Å². The van der Waals surface area contributed by atoms with Crippen LogP contribution in [0.2, 0.25) is 0 Å². The van der Waals surface area contributed by atoms with Gasteiger partial charge in [-0.1, -0.05) is 0 Å². The zero-order valence-electron chi connectivity index (χ0n) is 13.3. The van der Waals surface area contributed by atoms with Gasteiger partial charge in [0.2, 0.25) is 0 Å². The maximum Gasteiger partial charge on any atom is 0.298 e. The lowest BCUT2D eigenvalue weighted by molar-refractivity contribution is 0.538. The fraction of sp³-hybridized carbons (Fsp3) is 0.235. The monoisotopic (exact) mass is 338 g/mol. The summed E-state index contributed by atoms with van der Waals surface area (Å²) >= 11 is 0. The molecule has 3 aromatic heterocycles. The molecule has 1 aliphatic heterocycles. The average molecular weight is 338 g/mol. The molecule has 126 valence electrons. The summed E-state index contributed by atoms with van der Waals surface area (Å²) in [7, 11) is 0. The number of hydrogen-bond donors (Lipinski definition) is 0. The van der Waals surface area contributed by atoms with E-state index in [4.69, 9.17) is 4.42 Å².